The van der Waals surface area contributed by atoms with Crippen LogP contribution in [0.1, 0.15) is 28.4 Å². The van der Waals surface area contributed by atoms with E-state index >= 15 is 0 Å². The standard InChI is InChI=1S/C16H16O2/c1-12-6-8-14(9-7-12)11-18-16-5-3-4-15(10-16)13(2)17/h3-10H,11H2,1-2H3. The Bertz CT molecular complexity index is 541. The third-order valence-electron chi connectivity index (χ3n) is 2.77. The monoisotopic (exact) mass is 240 g/mol. The van der Waals surface area contributed by atoms with Gasteiger partial charge in [0, 0.05) is 5.56 Å². The quantitative estimate of drug-likeness (QED) is 0.760. The number of Topliss-reactive ketones (excluding diaryl/α,β-unsaturated/α-hetero) is 1. The molecule has 0 saturated heterocycles. The second-order valence-electron chi connectivity index (χ2n) is 4.36. The Morgan fingerprint density at radius 1 is 1.11 bits per heavy atom. The van der Waals surface area contributed by atoms with Crippen LogP contribution in [0, 0.1) is 6.92 Å². The van der Waals surface area contributed by atoms with Gasteiger partial charge < -0.3 is 4.74 Å². The first-order chi connectivity index (χ1) is 8.65. The summed E-state index contributed by atoms with van der Waals surface area (Å²) in [7, 11) is 0. The molecule has 0 atom stereocenters. The van der Waals surface area contributed by atoms with E-state index in [0.29, 0.717) is 12.2 Å². The average Bonchev–Trinajstić information content (AvgIpc) is 2.38. The predicted molar refractivity (Wildman–Crippen MR) is 72.0 cm³/mol. The largest absolute Gasteiger partial charge is 0.489 e. The van der Waals surface area contributed by atoms with Crippen molar-refractivity contribution in [1.82, 2.24) is 0 Å². The molecule has 0 saturated carbocycles. The van der Waals surface area contributed by atoms with Crippen molar-refractivity contribution in [1.29, 1.82) is 0 Å². The summed E-state index contributed by atoms with van der Waals surface area (Å²) in [6.07, 6.45) is 0. The van der Waals surface area contributed by atoms with Crippen molar-refractivity contribution in [3.8, 4) is 5.75 Å². The van der Waals surface area contributed by atoms with Gasteiger partial charge in [-0.2, -0.15) is 0 Å². The smallest absolute Gasteiger partial charge is 0.159 e. The maximum atomic E-state index is 11.3. The highest BCUT2D eigenvalue weighted by molar-refractivity contribution is 5.94. The SMILES string of the molecule is CC(=O)c1cccc(OCc2ccc(C)cc2)c1. The van der Waals surface area contributed by atoms with Crippen LogP contribution in [0.2, 0.25) is 0 Å². The second-order valence-corrected chi connectivity index (χ2v) is 4.36. The zero-order valence-electron chi connectivity index (χ0n) is 10.6. The van der Waals surface area contributed by atoms with E-state index in [1.165, 1.54) is 5.56 Å². The number of aryl methyl sites for hydroxylation is 1. The van der Waals surface area contributed by atoms with Crippen LogP contribution in [0.15, 0.2) is 48.5 Å². The lowest BCUT2D eigenvalue weighted by Gasteiger charge is -2.07. The third-order valence-corrected chi connectivity index (χ3v) is 2.77. The summed E-state index contributed by atoms with van der Waals surface area (Å²) in [6, 6.07) is 15.5. The average molecular weight is 240 g/mol. The maximum Gasteiger partial charge on any atom is 0.159 e. The number of hydrogen-bond acceptors (Lipinski definition) is 2. The van der Waals surface area contributed by atoms with E-state index in [1.54, 1.807) is 19.1 Å². The first kappa shape index (κ1) is 12.4. The van der Waals surface area contributed by atoms with Gasteiger partial charge >= 0.3 is 0 Å². The highest BCUT2D eigenvalue weighted by atomic mass is 16.5. The minimum absolute atomic E-state index is 0.0517. The molecule has 2 aromatic carbocycles. The molecule has 0 radical (unpaired) electrons. The fourth-order valence-corrected chi connectivity index (χ4v) is 1.66. The molecular formula is C16H16O2. The van der Waals surface area contributed by atoms with Crippen LogP contribution in [0.4, 0.5) is 0 Å². The number of benzene rings is 2. The van der Waals surface area contributed by atoms with Gasteiger partial charge in [0.1, 0.15) is 12.4 Å². The minimum Gasteiger partial charge on any atom is -0.489 e. The van der Waals surface area contributed by atoms with E-state index < -0.39 is 0 Å². The van der Waals surface area contributed by atoms with Gasteiger partial charge in [0.2, 0.25) is 0 Å². The fraction of sp³-hybridized carbons (Fsp3) is 0.188. The highest BCUT2D eigenvalue weighted by Crippen LogP contribution is 2.15. The van der Waals surface area contributed by atoms with E-state index in [9.17, 15) is 4.79 Å². The molecule has 2 heteroatoms. The minimum atomic E-state index is 0.0517. The van der Waals surface area contributed by atoms with Crippen molar-refractivity contribution in [2.24, 2.45) is 0 Å². The number of carbonyl (C=O) groups is 1. The molecule has 0 spiro atoms. The van der Waals surface area contributed by atoms with Gasteiger partial charge in [-0.15, -0.1) is 0 Å². The van der Waals surface area contributed by atoms with Gasteiger partial charge in [0.05, 0.1) is 0 Å². The lowest BCUT2D eigenvalue weighted by molar-refractivity contribution is 0.101. The number of ketones is 1. The van der Waals surface area contributed by atoms with Crippen LogP contribution >= 0.6 is 0 Å². The summed E-state index contributed by atoms with van der Waals surface area (Å²) >= 11 is 0. The van der Waals surface area contributed by atoms with E-state index in [1.807, 2.05) is 24.3 Å². The normalized spacial score (nSPS) is 10.1. The molecule has 92 valence electrons. The molecular weight excluding hydrogens is 224 g/mol. The van der Waals surface area contributed by atoms with Gasteiger partial charge in [-0.1, -0.05) is 42.0 Å². The van der Waals surface area contributed by atoms with Crippen LogP contribution in [-0.2, 0) is 6.61 Å². The molecule has 0 unspecified atom stereocenters. The van der Waals surface area contributed by atoms with Crippen LogP contribution in [0.3, 0.4) is 0 Å². The zero-order valence-corrected chi connectivity index (χ0v) is 10.6. The van der Waals surface area contributed by atoms with E-state index in [-0.39, 0.29) is 5.78 Å². The Labute approximate surface area is 107 Å². The van der Waals surface area contributed by atoms with Gasteiger partial charge in [-0.3, -0.25) is 4.79 Å². The Morgan fingerprint density at radius 3 is 2.50 bits per heavy atom. The van der Waals surface area contributed by atoms with Crippen molar-refractivity contribution in [3.63, 3.8) is 0 Å². The van der Waals surface area contributed by atoms with Gasteiger partial charge in [0.25, 0.3) is 0 Å². The Balaban J connectivity index is 2.04. The molecule has 0 fully saturated rings. The molecule has 2 rings (SSSR count). The predicted octanol–water partition coefficient (Wildman–Crippen LogP) is 3.78. The second kappa shape index (κ2) is 5.50. The molecule has 0 bridgehead atoms. The number of carbonyl (C=O) groups excluding carboxylic acids is 1. The van der Waals surface area contributed by atoms with E-state index in [2.05, 4.69) is 19.1 Å². The van der Waals surface area contributed by atoms with E-state index in [0.717, 1.165) is 11.3 Å². The first-order valence-electron chi connectivity index (χ1n) is 5.94. The van der Waals surface area contributed by atoms with Crippen molar-refractivity contribution >= 4 is 5.78 Å². The first-order valence-corrected chi connectivity index (χ1v) is 5.94. The highest BCUT2D eigenvalue weighted by Gasteiger charge is 2.01. The van der Waals surface area contributed by atoms with Crippen LogP contribution < -0.4 is 4.74 Å². The molecule has 2 nitrogen and oxygen atoms in total. The molecule has 0 heterocycles. The number of ether oxygens (including phenoxy) is 1. The Kier molecular flexibility index (Phi) is 3.78. The fourth-order valence-electron chi connectivity index (χ4n) is 1.66. The van der Waals surface area contributed by atoms with Crippen molar-refractivity contribution in [2.75, 3.05) is 0 Å². The van der Waals surface area contributed by atoms with Gasteiger partial charge in [0.15, 0.2) is 5.78 Å². The molecule has 18 heavy (non-hydrogen) atoms. The van der Waals surface area contributed by atoms with Crippen molar-refractivity contribution in [3.05, 3.63) is 65.2 Å². The maximum absolute atomic E-state index is 11.3. The lowest BCUT2D eigenvalue weighted by Crippen LogP contribution is -1.97. The molecule has 0 aliphatic heterocycles. The summed E-state index contributed by atoms with van der Waals surface area (Å²) in [5.74, 6) is 0.777. The van der Waals surface area contributed by atoms with Crippen LogP contribution in [0.5, 0.6) is 5.75 Å². The summed E-state index contributed by atoms with van der Waals surface area (Å²) < 4.78 is 5.67. The molecule has 0 amide bonds. The Hall–Kier alpha value is -2.09. The molecule has 0 aromatic heterocycles. The zero-order chi connectivity index (χ0) is 13.0. The number of hydrogen-bond donors (Lipinski definition) is 0. The molecule has 0 aliphatic rings. The lowest BCUT2D eigenvalue weighted by atomic mass is 10.1. The topological polar surface area (TPSA) is 26.3 Å². The molecule has 0 aliphatic carbocycles. The molecule has 0 N–H and O–H groups in total. The van der Waals surface area contributed by atoms with Gasteiger partial charge in [-0.25, -0.2) is 0 Å². The summed E-state index contributed by atoms with van der Waals surface area (Å²) in [5.41, 5.74) is 3.03. The van der Waals surface area contributed by atoms with Crippen LogP contribution in [-0.4, -0.2) is 5.78 Å². The van der Waals surface area contributed by atoms with Crippen LogP contribution in [0.25, 0.3) is 0 Å². The van der Waals surface area contributed by atoms with Gasteiger partial charge in [-0.05, 0) is 31.5 Å². The summed E-state index contributed by atoms with van der Waals surface area (Å²) in [4.78, 5) is 11.3. The van der Waals surface area contributed by atoms with E-state index in [4.69, 9.17) is 4.74 Å². The summed E-state index contributed by atoms with van der Waals surface area (Å²) in [6.45, 7) is 4.13. The van der Waals surface area contributed by atoms with Crippen molar-refractivity contribution < 1.29 is 9.53 Å². The molecule has 2 aromatic rings. The Morgan fingerprint density at radius 2 is 1.83 bits per heavy atom. The third kappa shape index (κ3) is 3.20. The summed E-state index contributed by atoms with van der Waals surface area (Å²) in [5, 5.41) is 0. The van der Waals surface area contributed by atoms with Crippen molar-refractivity contribution in [2.45, 2.75) is 20.5 Å². The number of rotatable bonds is 4.